The van der Waals surface area contributed by atoms with Gasteiger partial charge in [0, 0.05) is 12.6 Å². The van der Waals surface area contributed by atoms with E-state index in [0.717, 1.165) is 13.1 Å². The standard InChI is InChI=1S/C21H26N2O3/c1-25-17-10-11-18(20(14-17)26-2)21(24)22-15-19(23-12-6-7-13-23)16-8-4-3-5-9-16/h3-5,8-11,14,19H,6-7,12-13,15H2,1-2H3,(H,22,24). The van der Waals surface area contributed by atoms with Crippen molar-refractivity contribution < 1.29 is 14.3 Å². The number of carbonyl (C=O) groups is 1. The van der Waals surface area contributed by atoms with Crippen molar-refractivity contribution in [2.75, 3.05) is 33.9 Å². The number of benzene rings is 2. The van der Waals surface area contributed by atoms with E-state index in [-0.39, 0.29) is 11.9 Å². The topological polar surface area (TPSA) is 50.8 Å². The number of nitrogens with zero attached hydrogens (tertiary/aromatic N) is 1. The lowest BCUT2D eigenvalue weighted by Crippen LogP contribution is -2.36. The molecule has 5 heteroatoms. The Labute approximate surface area is 154 Å². The summed E-state index contributed by atoms with van der Waals surface area (Å²) in [5, 5.41) is 3.09. The van der Waals surface area contributed by atoms with E-state index in [1.165, 1.54) is 18.4 Å². The zero-order chi connectivity index (χ0) is 18.4. The first kappa shape index (κ1) is 18.3. The van der Waals surface area contributed by atoms with Crippen LogP contribution in [0.4, 0.5) is 0 Å². The normalized spacial score (nSPS) is 15.5. The molecule has 1 unspecified atom stereocenters. The highest BCUT2D eigenvalue weighted by Crippen LogP contribution is 2.26. The second-order valence-corrected chi connectivity index (χ2v) is 6.45. The fourth-order valence-corrected chi connectivity index (χ4v) is 3.46. The van der Waals surface area contributed by atoms with Crippen LogP contribution in [0.3, 0.4) is 0 Å². The van der Waals surface area contributed by atoms with Crippen molar-refractivity contribution in [3.63, 3.8) is 0 Å². The maximum atomic E-state index is 12.7. The summed E-state index contributed by atoms with van der Waals surface area (Å²) in [5.41, 5.74) is 1.75. The molecule has 2 aromatic rings. The van der Waals surface area contributed by atoms with Crippen LogP contribution in [0.5, 0.6) is 11.5 Å². The molecule has 1 N–H and O–H groups in total. The van der Waals surface area contributed by atoms with Gasteiger partial charge < -0.3 is 14.8 Å². The zero-order valence-corrected chi connectivity index (χ0v) is 15.4. The molecule has 3 rings (SSSR count). The van der Waals surface area contributed by atoms with Crippen molar-refractivity contribution in [1.82, 2.24) is 10.2 Å². The Morgan fingerprint density at radius 3 is 2.46 bits per heavy atom. The van der Waals surface area contributed by atoms with Gasteiger partial charge in [0.05, 0.1) is 25.8 Å². The molecule has 1 aliphatic rings. The van der Waals surface area contributed by atoms with Crippen LogP contribution >= 0.6 is 0 Å². The van der Waals surface area contributed by atoms with Crippen LogP contribution in [-0.4, -0.2) is 44.7 Å². The lowest BCUT2D eigenvalue weighted by molar-refractivity contribution is 0.0935. The molecule has 5 nitrogen and oxygen atoms in total. The van der Waals surface area contributed by atoms with Gasteiger partial charge in [0.25, 0.3) is 5.91 Å². The van der Waals surface area contributed by atoms with Gasteiger partial charge in [0.15, 0.2) is 0 Å². The monoisotopic (exact) mass is 354 g/mol. The molecular formula is C21H26N2O3. The summed E-state index contributed by atoms with van der Waals surface area (Å²) in [6, 6.07) is 15.8. The summed E-state index contributed by atoms with van der Waals surface area (Å²) >= 11 is 0. The lowest BCUT2D eigenvalue weighted by atomic mass is 10.1. The Bertz CT molecular complexity index is 727. The van der Waals surface area contributed by atoms with Gasteiger partial charge >= 0.3 is 0 Å². The first-order chi connectivity index (χ1) is 12.7. The molecule has 0 aliphatic carbocycles. The summed E-state index contributed by atoms with van der Waals surface area (Å²) in [6.07, 6.45) is 2.42. The number of ether oxygens (including phenoxy) is 2. The SMILES string of the molecule is COc1ccc(C(=O)NCC(c2ccccc2)N2CCCC2)c(OC)c1. The zero-order valence-electron chi connectivity index (χ0n) is 15.4. The number of methoxy groups -OCH3 is 2. The van der Waals surface area contributed by atoms with E-state index in [1.807, 2.05) is 18.2 Å². The molecule has 0 aromatic heterocycles. The highest BCUT2D eigenvalue weighted by atomic mass is 16.5. The summed E-state index contributed by atoms with van der Waals surface area (Å²) in [5.74, 6) is 1.04. The second-order valence-electron chi connectivity index (χ2n) is 6.45. The number of hydrogen-bond donors (Lipinski definition) is 1. The van der Waals surface area contributed by atoms with Gasteiger partial charge in [-0.15, -0.1) is 0 Å². The summed E-state index contributed by atoms with van der Waals surface area (Å²) < 4.78 is 10.5. The highest BCUT2D eigenvalue weighted by Gasteiger charge is 2.24. The van der Waals surface area contributed by atoms with Gasteiger partial charge in [-0.3, -0.25) is 9.69 Å². The molecule has 138 valence electrons. The smallest absolute Gasteiger partial charge is 0.255 e. The molecular weight excluding hydrogens is 328 g/mol. The summed E-state index contributed by atoms with van der Waals surface area (Å²) in [4.78, 5) is 15.2. The molecule has 0 spiro atoms. The van der Waals surface area contributed by atoms with E-state index in [1.54, 1.807) is 32.4 Å². The Balaban J connectivity index is 1.73. The fourth-order valence-electron chi connectivity index (χ4n) is 3.46. The minimum Gasteiger partial charge on any atom is -0.497 e. The third-order valence-electron chi connectivity index (χ3n) is 4.88. The third-order valence-corrected chi connectivity index (χ3v) is 4.88. The Morgan fingerprint density at radius 1 is 1.08 bits per heavy atom. The third kappa shape index (κ3) is 4.17. The van der Waals surface area contributed by atoms with E-state index in [9.17, 15) is 4.79 Å². The van der Waals surface area contributed by atoms with Gasteiger partial charge in [0.1, 0.15) is 11.5 Å². The number of amides is 1. The minimum absolute atomic E-state index is 0.135. The minimum atomic E-state index is -0.135. The van der Waals surface area contributed by atoms with Crippen LogP contribution in [-0.2, 0) is 0 Å². The average molecular weight is 354 g/mol. The van der Waals surface area contributed by atoms with Crippen LogP contribution in [0.2, 0.25) is 0 Å². The molecule has 1 fully saturated rings. The fraction of sp³-hybridized carbons (Fsp3) is 0.381. The first-order valence-electron chi connectivity index (χ1n) is 9.02. The second kappa shape index (κ2) is 8.72. The van der Waals surface area contributed by atoms with Crippen molar-refractivity contribution in [3.05, 3.63) is 59.7 Å². The molecule has 1 heterocycles. The van der Waals surface area contributed by atoms with E-state index >= 15 is 0 Å². The quantitative estimate of drug-likeness (QED) is 0.829. The molecule has 0 saturated carbocycles. The number of nitrogens with one attached hydrogen (secondary N) is 1. The number of rotatable bonds is 7. The van der Waals surface area contributed by atoms with Crippen LogP contribution < -0.4 is 14.8 Å². The van der Waals surface area contributed by atoms with Gasteiger partial charge in [0.2, 0.25) is 0 Å². The molecule has 0 bridgehead atoms. The molecule has 1 amide bonds. The van der Waals surface area contributed by atoms with Crippen LogP contribution in [0.15, 0.2) is 48.5 Å². The van der Waals surface area contributed by atoms with Crippen molar-refractivity contribution in [3.8, 4) is 11.5 Å². The van der Waals surface area contributed by atoms with Crippen LogP contribution in [0, 0.1) is 0 Å². The largest absolute Gasteiger partial charge is 0.497 e. The Morgan fingerprint density at radius 2 is 1.81 bits per heavy atom. The Kier molecular flexibility index (Phi) is 6.12. The van der Waals surface area contributed by atoms with Crippen molar-refractivity contribution >= 4 is 5.91 Å². The van der Waals surface area contributed by atoms with Crippen LogP contribution in [0.25, 0.3) is 0 Å². The highest BCUT2D eigenvalue weighted by molar-refractivity contribution is 5.97. The number of carbonyl (C=O) groups excluding carboxylic acids is 1. The van der Waals surface area contributed by atoms with Gasteiger partial charge in [-0.1, -0.05) is 30.3 Å². The van der Waals surface area contributed by atoms with Crippen LogP contribution in [0.1, 0.15) is 34.8 Å². The predicted octanol–water partition coefficient (Wildman–Crippen LogP) is 3.27. The van der Waals surface area contributed by atoms with E-state index in [2.05, 4.69) is 22.3 Å². The van der Waals surface area contributed by atoms with E-state index < -0.39 is 0 Å². The average Bonchev–Trinajstić information content (AvgIpc) is 3.22. The molecule has 1 atom stereocenters. The van der Waals surface area contributed by atoms with E-state index in [0.29, 0.717) is 23.6 Å². The summed E-state index contributed by atoms with van der Waals surface area (Å²) in [6.45, 7) is 2.71. The maximum Gasteiger partial charge on any atom is 0.255 e. The van der Waals surface area contributed by atoms with Gasteiger partial charge in [-0.05, 0) is 43.6 Å². The van der Waals surface area contributed by atoms with Crippen molar-refractivity contribution in [2.45, 2.75) is 18.9 Å². The first-order valence-corrected chi connectivity index (χ1v) is 9.02. The number of likely N-dealkylation sites (tertiary alicyclic amines) is 1. The molecule has 26 heavy (non-hydrogen) atoms. The van der Waals surface area contributed by atoms with Gasteiger partial charge in [-0.25, -0.2) is 0 Å². The molecule has 2 aromatic carbocycles. The predicted molar refractivity (Wildman–Crippen MR) is 102 cm³/mol. The molecule has 0 radical (unpaired) electrons. The van der Waals surface area contributed by atoms with Crippen molar-refractivity contribution in [2.24, 2.45) is 0 Å². The maximum absolute atomic E-state index is 12.7. The van der Waals surface area contributed by atoms with Gasteiger partial charge in [-0.2, -0.15) is 0 Å². The molecule has 1 saturated heterocycles. The summed E-state index contributed by atoms with van der Waals surface area (Å²) in [7, 11) is 3.15. The molecule has 1 aliphatic heterocycles. The van der Waals surface area contributed by atoms with E-state index in [4.69, 9.17) is 9.47 Å². The lowest BCUT2D eigenvalue weighted by Gasteiger charge is -2.28. The van der Waals surface area contributed by atoms with Crippen molar-refractivity contribution in [1.29, 1.82) is 0 Å². The number of hydrogen-bond acceptors (Lipinski definition) is 4. The Hall–Kier alpha value is -2.53.